The van der Waals surface area contributed by atoms with Gasteiger partial charge in [0.1, 0.15) is 12.3 Å². The van der Waals surface area contributed by atoms with Gasteiger partial charge in [0.25, 0.3) is 0 Å². The molecule has 2 aromatic rings. The topological polar surface area (TPSA) is 49.9 Å². The summed E-state index contributed by atoms with van der Waals surface area (Å²) in [4.78, 5) is 28.3. The van der Waals surface area contributed by atoms with Crippen molar-refractivity contribution in [2.45, 2.75) is 13.3 Å². The second-order valence-electron chi connectivity index (χ2n) is 5.95. The van der Waals surface area contributed by atoms with Crippen molar-refractivity contribution in [1.29, 1.82) is 0 Å². The van der Waals surface area contributed by atoms with Crippen molar-refractivity contribution >= 4 is 17.5 Å². The number of nitrogens with zero attached hydrogens (tertiary/aromatic N) is 2. The lowest BCUT2D eigenvalue weighted by Gasteiger charge is -2.34. The van der Waals surface area contributed by atoms with E-state index < -0.39 is 0 Å². The molecule has 1 saturated heterocycles. The fourth-order valence-corrected chi connectivity index (χ4v) is 2.92. The highest BCUT2D eigenvalue weighted by Crippen LogP contribution is 2.18. The number of carbonyl (C=O) groups excluding carboxylic acids is 2. The Hall–Kier alpha value is -2.82. The van der Waals surface area contributed by atoms with Gasteiger partial charge in [-0.05, 0) is 36.8 Å². The molecule has 0 spiro atoms. The zero-order valence-corrected chi connectivity index (χ0v) is 14.4. The standard InChI is InChI=1S/C20H22N2O3/c1-2-25-18-10-8-16(9-11-18)14-19(23)21-12-13-22(20(24)15-21)17-6-4-3-5-7-17/h3-11H,2,12-15H2,1H3. The van der Waals surface area contributed by atoms with Crippen LogP contribution in [0, 0.1) is 0 Å². The number of amides is 2. The smallest absolute Gasteiger partial charge is 0.246 e. The highest BCUT2D eigenvalue weighted by molar-refractivity contribution is 5.98. The van der Waals surface area contributed by atoms with Crippen molar-refractivity contribution in [2.75, 3.05) is 31.1 Å². The van der Waals surface area contributed by atoms with Crippen molar-refractivity contribution in [3.05, 3.63) is 60.2 Å². The quantitative estimate of drug-likeness (QED) is 0.842. The number of rotatable bonds is 5. The van der Waals surface area contributed by atoms with Crippen LogP contribution >= 0.6 is 0 Å². The summed E-state index contributed by atoms with van der Waals surface area (Å²) in [6.45, 7) is 3.76. The van der Waals surface area contributed by atoms with Gasteiger partial charge in [0.15, 0.2) is 0 Å². The molecule has 0 aromatic heterocycles. The van der Waals surface area contributed by atoms with E-state index in [1.54, 1.807) is 9.80 Å². The fourth-order valence-electron chi connectivity index (χ4n) is 2.92. The van der Waals surface area contributed by atoms with Crippen LogP contribution in [0.3, 0.4) is 0 Å². The average Bonchev–Trinajstić information content (AvgIpc) is 2.64. The van der Waals surface area contributed by atoms with Gasteiger partial charge in [-0.1, -0.05) is 30.3 Å². The van der Waals surface area contributed by atoms with Crippen LogP contribution in [0.2, 0.25) is 0 Å². The SMILES string of the molecule is CCOc1ccc(CC(=O)N2CCN(c3ccccc3)C(=O)C2)cc1. The van der Waals surface area contributed by atoms with Crippen molar-refractivity contribution in [2.24, 2.45) is 0 Å². The molecule has 0 aliphatic carbocycles. The first-order valence-electron chi connectivity index (χ1n) is 8.52. The molecule has 0 radical (unpaired) electrons. The lowest BCUT2D eigenvalue weighted by Crippen LogP contribution is -2.52. The van der Waals surface area contributed by atoms with Crippen LogP contribution in [-0.4, -0.2) is 43.0 Å². The predicted molar refractivity (Wildman–Crippen MR) is 96.7 cm³/mol. The Balaban J connectivity index is 1.58. The molecule has 0 atom stereocenters. The number of hydrogen-bond donors (Lipinski definition) is 0. The number of hydrogen-bond acceptors (Lipinski definition) is 3. The van der Waals surface area contributed by atoms with Crippen LogP contribution in [0.4, 0.5) is 5.69 Å². The zero-order chi connectivity index (χ0) is 17.6. The number of piperazine rings is 1. The van der Waals surface area contributed by atoms with Crippen LogP contribution in [0.15, 0.2) is 54.6 Å². The van der Waals surface area contributed by atoms with E-state index in [0.717, 1.165) is 17.0 Å². The normalized spacial score (nSPS) is 14.5. The van der Waals surface area contributed by atoms with E-state index in [1.807, 2.05) is 61.5 Å². The van der Waals surface area contributed by atoms with Crippen molar-refractivity contribution in [3.63, 3.8) is 0 Å². The molecule has 1 aliphatic heterocycles. The van der Waals surface area contributed by atoms with Crippen LogP contribution in [-0.2, 0) is 16.0 Å². The predicted octanol–water partition coefficient (Wildman–Crippen LogP) is 2.50. The maximum absolute atomic E-state index is 12.5. The van der Waals surface area contributed by atoms with E-state index in [0.29, 0.717) is 26.1 Å². The van der Waals surface area contributed by atoms with Crippen molar-refractivity contribution < 1.29 is 14.3 Å². The first-order valence-corrected chi connectivity index (χ1v) is 8.52. The first-order chi connectivity index (χ1) is 12.2. The Kier molecular flexibility index (Phi) is 5.33. The number of carbonyl (C=O) groups is 2. The Morgan fingerprint density at radius 3 is 2.40 bits per heavy atom. The van der Waals surface area contributed by atoms with Gasteiger partial charge >= 0.3 is 0 Å². The number of para-hydroxylation sites is 1. The molecule has 25 heavy (non-hydrogen) atoms. The third-order valence-electron chi connectivity index (χ3n) is 4.23. The zero-order valence-electron chi connectivity index (χ0n) is 14.4. The molecule has 2 aromatic carbocycles. The Labute approximate surface area is 147 Å². The molecule has 3 rings (SSSR count). The lowest BCUT2D eigenvalue weighted by atomic mass is 10.1. The molecule has 2 amide bonds. The van der Waals surface area contributed by atoms with Gasteiger partial charge in [0, 0.05) is 18.8 Å². The van der Waals surface area contributed by atoms with E-state index in [2.05, 4.69) is 0 Å². The number of ether oxygens (including phenoxy) is 1. The largest absolute Gasteiger partial charge is 0.494 e. The number of anilines is 1. The Morgan fingerprint density at radius 2 is 1.76 bits per heavy atom. The number of benzene rings is 2. The molecule has 0 saturated carbocycles. The molecule has 1 heterocycles. The molecular formula is C20H22N2O3. The summed E-state index contributed by atoms with van der Waals surface area (Å²) < 4.78 is 5.40. The summed E-state index contributed by atoms with van der Waals surface area (Å²) in [6.07, 6.45) is 0.297. The van der Waals surface area contributed by atoms with Crippen molar-refractivity contribution in [1.82, 2.24) is 4.90 Å². The molecule has 0 unspecified atom stereocenters. The monoisotopic (exact) mass is 338 g/mol. The van der Waals surface area contributed by atoms with Crippen LogP contribution in [0.5, 0.6) is 5.75 Å². The van der Waals surface area contributed by atoms with Crippen LogP contribution in [0.1, 0.15) is 12.5 Å². The average molecular weight is 338 g/mol. The molecule has 1 aliphatic rings. The summed E-state index contributed by atoms with van der Waals surface area (Å²) in [7, 11) is 0. The highest BCUT2D eigenvalue weighted by Gasteiger charge is 2.27. The Bertz CT molecular complexity index is 728. The summed E-state index contributed by atoms with van der Waals surface area (Å²) >= 11 is 0. The van der Waals surface area contributed by atoms with E-state index in [-0.39, 0.29) is 18.4 Å². The molecule has 130 valence electrons. The van der Waals surface area contributed by atoms with E-state index in [4.69, 9.17) is 4.74 Å². The maximum atomic E-state index is 12.5. The summed E-state index contributed by atoms with van der Waals surface area (Å²) in [6, 6.07) is 17.1. The third-order valence-corrected chi connectivity index (χ3v) is 4.23. The molecule has 0 bridgehead atoms. The van der Waals surface area contributed by atoms with E-state index >= 15 is 0 Å². The van der Waals surface area contributed by atoms with Gasteiger partial charge in [-0.25, -0.2) is 0 Å². The van der Waals surface area contributed by atoms with Crippen molar-refractivity contribution in [3.8, 4) is 5.75 Å². The molecule has 5 nitrogen and oxygen atoms in total. The highest BCUT2D eigenvalue weighted by atomic mass is 16.5. The molecular weight excluding hydrogens is 316 g/mol. The Morgan fingerprint density at radius 1 is 1.04 bits per heavy atom. The lowest BCUT2D eigenvalue weighted by molar-refractivity contribution is -0.136. The minimum Gasteiger partial charge on any atom is -0.494 e. The second kappa shape index (κ2) is 7.83. The van der Waals surface area contributed by atoms with Gasteiger partial charge in [0.2, 0.25) is 11.8 Å². The molecule has 0 N–H and O–H groups in total. The fraction of sp³-hybridized carbons (Fsp3) is 0.300. The second-order valence-corrected chi connectivity index (χ2v) is 5.95. The van der Waals surface area contributed by atoms with Gasteiger partial charge in [-0.2, -0.15) is 0 Å². The molecule has 1 fully saturated rings. The third kappa shape index (κ3) is 4.18. The van der Waals surface area contributed by atoms with Gasteiger partial charge in [-0.3, -0.25) is 9.59 Å². The van der Waals surface area contributed by atoms with E-state index in [9.17, 15) is 9.59 Å². The minimum atomic E-state index is -0.0440. The summed E-state index contributed by atoms with van der Waals surface area (Å²) in [5, 5.41) is 0. The molecule has 5 heteroatoms. The maximum Gasteiger partial charge on any atom is 0.246 e. The summed E-state index contributed by atoms with van der Waals surface area (Å²) in [5.74, 6) is 0.730. The summed E-state index contributed by atoms with van der Waals surface area (Å²) in [5.41, 5.74) is 1.80. The van der Waals surface area contributed by atoms with Crippen LogP contribution < -0.4 is 9.64 Å². The van der Waals surface area contributed by atoms with Crippen LogP contribution in [0.25, 0.3) is 0 Å². The minimum absolute atomic E-state index is 0.0229. The first kappa shape index (κ1) is 17.0. The van der Waals surface area contributed by atoms with Gasteiger partial charge in [0.05, 0.1) is 13.0 Å². The van der Waals surface area contributed by atoms with Gasteiger partial charge < -0.3 is 14.5 Å². The van der Waals surface area contributed by atoms with E-state index in [1.165, 1.54) is 0 Å². The van der Waals surface area contributed by atoms with Gasteiger partial charge in [-0.15, -0.1) is 0 Å².